The third-order valence-corrected chi connectivity index (χ3v) is 7.16. The van der Waals surface area contributed by atoms with Gasteiger partial charge >= 0.3 is 6.03 Å². The van der Waals surface area contributed by atoms with Crippen molar-refractivity contribution in [3.8, 4) is 0 Å². The Bertz CT molecular complexity index is 999. The number of halogens is 2. The molecule has 29 heavy (non-hydrogen) atoms. The van der Waals surface area contributed by atoms with Gasteiger partial charge in [-0.2, -0.15) is 11.8 Å². The second-order valence-electron chi connectivity index (χ2n) is 6.39. The first kappa shape index (κ1) is 20.5. The summed E-state index contributed by atoms with van der Waals surface area (Å²) < 4.78 is 0. The molecule has 1 N–H and O–H groups in total. The topological polar surface area (TPSA) is 32.3 Å². The third-order valence-electron chi connectivity index (χ3n) is 4.43. The summed E-state index contributed by atoms with van der Waals surface area (Å²) in [4.78, 5) is 16.9. The van der Waals surface area contributed by atoms with E-state index in [-0.39, 0.29) is 6.03 Å². The Labute approximate surface area is 188 Å². The van der Waals surface area contributed by atoms with Gasteiger partial charge in [0, 0.05) is 37.9 Å². The number of fused-ring (bicyclic) bond motifs is 2. The van der Waals surface area contributed by atoms with Crippen molar-refractivity contribution in [2.24, 2.45) is 0 Å². The van der Waals surface area contributed by atoms with Gasteiger partial charge in [-0.05, 0) is 42.0 Å². The molecule has 3 aromatic rings. The van der Waals surface area contributed by atoms with Crippen LogP contribution in [-0.4, -0.2) is 18.3 Å². The van der Waals surface area contributed by atoms with E-state index in [4.69, 9.17) is 23.2 Å². The molecule has 3 aromatic carbocycles. The van der Waals surface area contributed by atoms with Crippen molar-refractivity contribution in [1.82, 2.24) is 5.32 Å². The fourth-order valence-electron chi connectivity index (χ4n) is 3.05. The maximum absolute atomic E-state index is 13.0. The summed E-state index contributed by atoms with van der Waals surface area (Å²) in [5, 5.41) is 4.36. The SMILES string of the molecule is O=C(NCCSCc1ccc(Cl)cc1Cl)N1c2ccccc2Sc2ccccc21. The van der Waals surface area contributed by atoms with Crippen LogP contribution in [0.1, 0.15) is 5.56 Å². The average Bonchev–Trinajstić information content (AvgIpc) is 2.73. The number of carbonyl (C=O) groups is 1. The van der Waals surface area contributed by atoms with Crippen molar-refractivity contribution in [2.75, 3.05) is 17.2 Å². The Morgan fingerprint density at radius 3 is 2.28 bits per heavy atom. The number of hydrogen-bond donors (Lipinski definition) is 1. The van der Waals surface area contributed by atoms with E-state index in [0.717, 1.165) is 38.2 Å². The molecule has 1 aliphatic rings. The van der Waals surface area contributed by atoms with Gasteiger partial charge in [-0.3, -0.25) is 4.90 Å². The largest absolute Gasteiger partial charge is 0.337 e. The third kappa shape index (κ3) is 4.69. The first-order chi connectivity index (χ1) is 14.1. The lowest BCUT2D eigenvalue weighted by Gasteiger charge is -2.31. The van der Waals surface area contributed by atoms with E-state index in [1.54, 1.807) is 34.5 Å². The highest BCUT2D eigenvalue weighted by atomic mass is 35.5. The van der Waals surface area contributed by atoms with Crippen LogP contribution >= 0.6 is 46.7 Å². The standard InChI is InChI=1S/C22H18Cl2N2OS2/c23-16-10-9-15(17(24)13-16)14-28-12-11-25-22(27)26-18-5-1-3-7-20(18)29-21-8-4-2-6-19(21)26/h1-10,13H,11-12,14H2,(H,25,27). The van der Waals surface area contributed by atoms with Gasteiger partial charge in [0.2, 0.25) is 0 Å². The molecule has 0 aliphatic carbocycles. The fourth-order valence-corrected chi connectivity index (χ4v) is 5.53. The summed E-state index contributed by atoms with van der Waals surface area (Å²) >= 11 is 15.6. The van der Waals surface area contributed by atoms with E-state index in [9.17, 15) is 4.79 Å². The highest BCUT2D eigenvalue weighted by Crippen LogP contribution is 2.47. The van der Waals surface area contributed by atoms with E-state index in [1.165, 1.54) is 0 Å². The second-order valence-corrected chi connectivity index (χ2v) is 9.43. The Kier molecular flexibility index (Phi) is 6.60. The number of nitrogens with one attached hydrogen (secondary N) is 1. The van der Waals surface area contributed by atoms with Crippen LogP contribution in [0.3, 0.4) is 0 Å². The molecule has 4 rings (SSSR count). The molecular weight excluding hydrogens is 443 g/mol. The summed E-state index contributed by atoms with van der Waals surface area (Å²) in [6.07, 6.45) is 0. The summed E-state index contributed by atoms with van der Waals surface area (Å²) in [6, 6.07) is 21.4. The number of nitrogens with zero attached hydrogens (tertiary/aromatic N) is 1. The van der Waals surface area contributed by atoms with E-state index in [2.05, 4.69) is 5.32 Å². The average molecular weight is 461 g/mol. The minimum atomic E-state index is -0.115. The molecular formula is C22H18Cl2N2OS2. The zero-order valence-electron chi connectivity index (χ0n) is 15.4. The molecule has 0 spiro atoms. The first-order valence-corrected chi connectivity index (χ1v) is 11.8. The van der Waals surface area contributed by atoms with Crippen LogP contribution in [0.2, 0.25) is 10.0 Å². The molecule has 2 amide bonds. The van der Waals surface area contributed by atoms with Gasteiger partial charge in [0.1, 0.15) is 0 Å². The molecule has 0 radical (unpaired) electrons. The van der Waals surface area contributed by atoms with Gasteiger partial charge in [-0.1, -0.05) is 65.3 Å². The van der Waals surface area contributed by atoms with Crippen LogP contribution in [0.4, 0.5) is 16.2 Å². The molecule has 0 atom stereocenters. The Balaban J connectivity index is 1.38. The maximum atomic E-state index is 13.0. The molecule has 1 aliphatic heterocycles. The lowest BCUT2D eigenvalue weighted by molar-refractivity contribution is 0.249. The number of anilines is 2. The van der Waals surface area contributed by atoms with Gasteiger partial charge in [-0.15, -0.1) is 0 Å². The predicted molar refractivity (Wildman–Crippen MR) is 125 cm³/mol. The second kappa shape index (κ2) is 9.35. The van der Waals surface area contributed by atoms with Gasteiger partial charge in [-0.25, -0.2) is 4.79 Å². The highest BCUT2D eigenvalue weighted by molar-refractivity contribution is 7.99. The number of rotatable bonds is 5. The number of urea groups is 1. The van der Waals surface area contributed by atoms with Crippen LogP contribution < -0.4 is 10.2 Å². The van der Waals surface area contributed by atoms with Crippen LogP contribution in [0.25, 0.3) is 0 Å². The lowest BCUT2D eigenvalue weighted by Crippen LogP contribution is -2.39. The number of thioether (sulfide) groups is 1. The molecule has 0 bridgehead atoms. The molecule has 0 saturated heterocycles. The zero-order chi connectivity index (χ0) is 20.2. The molecule has 0 aromatic heterocycles. The summed E-state index contributed by atoms with van der Waals surface area (Å²) in [5.74, 6) is 1.56. The molecule has 0 saturated carbocycles. The van der Waals surface area contributed by atoms with Crippen LogP contribution in [0, 0.1) is 0 Å². The van der Waals surface area contributed by atoms with Gasteiger partial charge in [0.25, 0.3) is 0 Å². The minimum Gasteiger partial charge on any atom is -0.337 e. The van der Waals surface area contributed by atoms with E-state index >= 15 is 0 Å². The lowest BCUT2D eigenvalue weighted by atomic mass is 10.2. The summed E-state index contributed by atoms with van der Waals surface area (Å²) in [7, 11) is 0. The Morgan fingerprint density at radius 2 is 1.62 bits per heavy atom. The zero-order valence-corrected chi connectivity index (χ0v) is 18.5. The van der Waals surface area contributed by atoms with Crippen LogP contribution in [0.15, 0.2) is 76.5 Å². The molecule has 0 fully saturated rings. The number of benzene rings is 3. The number of para-hydroxylation sites is 2. The smallest absolute Gasteiger partial charge is 0.326 e. The maximum Gasteiger partial charge on any atom is 0.326 e. The number of carbonyl (C=O) groups excluding carboxylic acids is 1. The van der Waals surface area contributed by atoms with Crippen molar-refractivity contribution in [3.63, 3.8) is 0 Å². The Hall–Kier alpha value is -1.79. The molecule has 7 heteroatoms. The normalized spacial score (nSPS) is 12.3. The van der Waals surface area contributed by atoms with Crippen molar-refractivity contribution < 1.29 is 4.79 Å². The van der Waals surface area contributed by atoms with E-state index in [0.29, 0.717) is 16.6 Å². The Morgan fingerprint density at radius 1 is 0.966 bits per heavy atom. The minimum absolute atomic E-state index is 0.115. The van der Waals surface area contributed by atoms with Crippen molar-refractivity contribution in [1.29, 1.82) is 0 Å². The van der Waals surface area contributed by atoms with E-state index in [1.807, 2.05) is 60.7 Å². The number of hydrogen-bond acceptors (Lipinski definition) is 3. The van der Waals surface area contributed by atoms with Crippen LogP contribution in [0.5, 0.6) is 0 Å². The van der Waals surface area contributed by atoms with Crippen molar-refractivity contribution >= 4 is 64.1 Å². The van der Waals surface area contributed by atoms with Gasteiger partial charge in [0.15, 0.2) is 0 Å². The quantitative estimate of drug-likeness (QED) is 0.407. The van der Waals surface area contributed by atoms with Crippen LogP contribution in [-0.2, 0) is 5.75 Å². The first-order valence-electron chi connectivity index (χ1n) is 9.09. The fraction of sp³-hybridized carbons (Fsp3) is 0.136. The molecule has 1 heterocycles. The molecule has 3 nitrogen and oxygen atoms in total. The summed E-state index contributed by atoms with van der Waals surface area (Å²) in [5.41, 5.74) is 2.87. The molecule has 0 unspecified atom stereocenters. The van der Waals surface area contributed by atoms with Gasteiger partial charge < -0.3 is 5.32 Å². The summed E-state index contributed by atoms with van der Waals surface area (Å²) in [6.45, 7) is 0.572. The van der Waals surface area contributed by atoms with Crippen molar-refractivity contribution in [2.45, 2.75) is 15.5 Å². The van der Waals surface area contributed by atoms with Gasteiger partial charge in [0.05, 0.1) is 11.4 Å². The predicted octanol–water partition coefficient (Wildman–Crippen LogP) is 7.24. The molecule has 148 valence electrons. The monoisotopic (exact) mass is 460 g/mol. The number of amides is 2. The van der Waals surface area contributed by atoms with E-state index < -0.39 is 0 Å². The highest BCUT2D eigenvalue weighted by Gasteiger charge is 2.27. The van der Waals surface area contributed by atoms with Crippen molar-refractivity contribution in [3.05, 3.63) is 82.3 Å².